The van der Waals surface area contributed by atoms with Crippen molar-refractivity contribution in [3.05, 3.63) is 84.3 Å². The largest absolute Gasteiger partial charge is 0.361 e. The van der Waals surface area contributed by atoms with Crippen LogP contribution in [0.3, 0.4) is 0 Å². The fourth-order valence-electron chi connectivity index (χ4n) is 4.27. The molecule has 0 aliphatic carbocycles. The second-order valence-electron chi connectivity index (χ2n) is 7.46. The van der Waals surface area contributed by atoms with E-state index in [4.69, 9.17) is 0 Å². The lowest BCUT2D eigenvalue weighted by Gasteiger charge is -2.32. The first-order valence-corrected chi connectivity index (χ1v) is 9.74. The number of rotatable bonds is 4. The number of piperidine rings is 1. The van der Waals surface area contributed by atoms with Crippen molar-refractivity contribution in [2.24, 2.45) is 0 Å². The highest BCUT2D eigenvalue weighted by Gasteiger charge is 2.22. The zero-order valence-electron chi connectivity index (χ0n) is 15.4. The van der Waals surface area contributed by atoms with Gasteiger partial charge in [0.15, 0.2) is 0 Å². The van der Waals surface area contributed by atoms with Gasteiger partial charge in [-0.25, -0.2) is 4.68 Å². The molecule has 1 saturated heterocycles. The Morgan fingerprint density at radius 2 is 1.78 bits per heavy atom. The fourth-order valence-corrected chi connectivity index (χ4v) is 4.27. The van der Waals surface area contributed by atoms with Gasteiger partial charge in [0.2, 0.25) is 0 Å². The van der Waals surface area contributed by atoms with Crippen LogP contribution in [0.4, 0.5) is 0 Å². The number of nitrogens with zero attached hydrogens (tertiary/aromatic N) is 3. The molecular formula is C23H24N4. The number of benzene rings is 2. The van der Waals surface area contributed by atoms with E-state index in [1.807, 2.05) is 23.1 Å². The molecule has 4 heteroatoms. The predicted molar refractivity (Wildman–Crippen MR) is 109 cm³/mol. The van der Waals surface area contributed by atoms with Gasteiger partial charge in [0.25, 0.3) is 0 Å². The Kier molecular flexibility index (Phi) is 4.26. The van der Waals surface area contributed by atoms with Gasteiger partial charge in [-0.15, -0.1) is 0 Å². The quantitative estimate of drug-likeness (QED) is 0.574. The highest BCUT2D eigenvalue weighted by Crippen LogP contribution is 2.33. The molecule has 5 rings (SSSR count). The van der Waals surface area contributed by atoms with Crippen LogP contribution < -0.4 is 0 Å². The van der Waals surface area contributed by atoms with Gasteiger partial charge < -0.3 is 4.98 Å². The van der Waals surface area contributed by atoms with Gasteiger partial charge in [-0.05, 0) is 67.2 Å². The third-order valence-electron chi connectivity index (χ3n) is 5.76. The Bertz CT molecular complexity index is 1010. The third-order valence-corrected chi connectivity index (χ3v) is 5.76. The summed E-state index contributed by atoms with van der Waals surface area (Å²) in [6.45, 7) is 3.34. The number of fused-ring (bicyclic) bond motifs is 1. The lowest BCUT2D eigenvalue weighted by Crippen LogP contribution is -2.32. The average Bonchev–Trinajstić information content (AvgIpc) is 3.39. The van der Waals surface area contributed by atoms with Crippen LogP contribution in [0.1, 0.15) is 29.9 Å². The molecule has 0 atom stereocenters. The van der Waals surface area contributed by atoms with Crippen molar-refractivity contribution in [2.45, 2.75) is 25.3 Å². The number of para-hydroxylation sites is 1. The number of nitrogens with one attached hydrogen (secondary N) is 1. The fraction of sp³-hybridized carbons (Fsp3) is 0.261. The Balaban J connectivity index is 1.22. The highest BCUT2D eigenvalue weighted by atomic mass is 15.3. The molecule has 2 aromatic heterocycles. The minimum Gasteiger partial charge on any atom is -0.361 e. The van der Waals surface area contributed by atoms with Crippen LogP contribution in [0.5, 0.6) is 0 Å². The van der Waals surface area contributed by atoms with Crippen molar-refractivity contribution in [3.8, 4) is 5.69 Å². The lowest BCUT2D eigenvalue weighted by atomic mass is 9.89. The predicted octanol–water partition coefficient (Wildman–Crippen LogP) is 4.73. The summed E-state index contributed by atoms with van der Waals surface area (Å²) < 4.78 is 1.90. The second-order valence-corrected chi connectivity index (χ2v) is 7.46. The van der Waals surface area contributed by atoms with Crippen LogP contribution >= 0.6 is 0 Å². The molecule has 4 aromatic rings. The molecule has 1 N–H and O–H groups in total. The minimum atomic E-state index is 0.666. The molecule has 2 aromatic carbocycles. The molecule has 0 radical (unpaired) electrons. The summed E-state index contributed by atoms with van der Waals surface area (Å²) in [5.41, 5.74) is 5.24. The maximum atomic E-state index is 4.29. The van der Waals surface area contributed by atoms with Crippen LogP contribution in [0, 0.1) is 0 Å². The van der Waals surface area contributed by atoms with Gasteiger partial charge in [0.1, 0.15) is 0 Å². The van der Waals surface area contributed by atoms with Crippen molar-refractivity contribution >= 4 is 10.9 Å². The molecule has 0 amide bonds. The molecule has 4 nitrogen and oxygen atoms in total. The molecule has 3 heterocycles. The number of aromatic nitrogens is 3. The van der Waals surface area contributed by atoms with E-state index < -0.39 is 0 Å². The van der Waals surface area contributed by atoms with E-state index in [1.54, 1.807) is 0 Å². The molecule has 0 saturated carbocycles. The summed E-state index contributed by atoms with van der Waals surface area (Å²) in [7, 11) is 0. The first kappa shape index (κ1) is 16.3. The van der Waals surface area contributed by atoms with E-state index in [9.17, 15) is 0 Å². The number of H-pyrrole nitrogens is 1. The summed E-state index contributed by atoms with van der Waals surface area (Å²) in [5.74, 6) is 0.666. The lowest BCUT2D eigenvalue weighted by molar-refractivity contribution is 0.205. The van der Waals surface area contributed by atoms with Crippen LogP contribution in [0.15, 0.2) is 73.2 Å². The van der Waals surface area contributed by atoms with Gasteiger partial charge >= 0.3 is 0 Å². The monoisotopic (exact) mass is 356 g/mol. The summed E-state index contributed by atoms with van der Waals surface area (Å²) in [6, 6.07) is 19.4. The van der Waals surface area contributed by atoms with Gasteiger partial charge in [-0.3, -0.25) is 4.90 Å². The smallest absolute Gasteiger partial charge is 0.0645 e. The van der Waals surface area contributed by atoms with Crippen molar-refractivity contribution in [3.63, 3.8) is 0 Å². The molecule has 27 heavy (non-hydrogen) atoms. The van der Waals surface area contributed by atoms with E-state index in [-0.39, 0.29) is 0 Å². The van der Waals surface area contributed by atoms with Gasteiger partial charge in [0.05, 0.1) is 5.69 Å². The van der Waals surface area contributed by atoms with Crippen molar-refractivity contribution < 1.29 is 0 Å². The van der Waals surface area contributed by atoms with Gasteiger partial charge in [-0.1, -0.05) is 30.3 Å². The number of likely N-dealkylation sites (tertiary alicyclic amines) is 1. The minimum absolute atomic E-state index is 0.666. The zero-order chi connectivity index (χ0) is 18.1. The SMILES string of the molecule is c1ccc2c(C3CCN(Cc4ccc(-n5cccn5)cc4)CC3)c[nH]c2c1. The highest BCUT2D eigenvalue weighted by molar-refractivity contribution is 5.83. The van der Waals surface area contributed by atoms with Crippen molar-refractivity contribution in [2.75, 3.05) is 13.1 Å². The molecule has 136 valence electrons. The van der Waals surface area contributed by atoms with Crippen molar-refractivity contribution in [1.82, 2.24) is 19.7 Å². The molecular weight excluding hydrogens is 332 g/mol. The van der Waals surface area contributed by atoms with Crippen LogP contribution in [-0.4, -0.2) is 32.8 Å². The molecule has 0 spiro atoms. The Morgan fingerprint density at radius 3 is 2.56 bits per heavy atom. The summed E-state index contributed by atoms with van der Waals surface area (Å²) >= 11 is 0. The van der Waals surface area contributed by atoms with Gasteiger partial charge in [0, 0.05) is 36.0 Å². The summed E-state index contributed by atoms with van der Waals surface area (Å²) in [5, 5.41) is 5.68. The summed E-state index contributed by atoms with van der Waals surface area (Å²) in [6.07, 6.45) is 8.47. The van der Waals surface area contributed by atoms with E-state index in [1.165, 1.54) is 34.9 Å². The summed E-state index contributed by atoms with van der Waals surface area (Å²) in [4.78, 5) is 6.01. The standard InChI is InChI=1S/C23H24N4/c1-2-5-23-21(4-1)22(16-24-23)19-10-14-26(15-11-19)17-18-6-8-20(9-7-18)27-13-3-12-25-27/h1-9,12-13,16,19,24H,10-11,14-15,17H2. The first-order valence-electron chi connectivity index (χ1n) is 9.74. The maximum absolute atomic E-state index is 4.29. The topological polar surface area (TPSA) is 36.9 Å². The van der Waals surface area contributed by atoms with Crippen LogP contribution in [0.25, 0.3) is 16.6 Å². The van der Waals surface area contributed by atoms with E-state index >= 15 is 0 Å². The number of hydrogen-bond donors (Lipinski definition) is 1. The number of hydrogen-bond acceptors (Lipinski definition) is 2. The molecule has 1 aliphatic rings. The molecule has 1 aliphatic heterocycles. The Morgan fingerprint density at radius 1 is 0.963 bits per heavy atom. The van der Waals surface area contributed by atoms with E-state index in [0.29, 0.717) is 5.92 Å². The first-order chi connectivity index (χ1) is 13.4. The maximum Gasteiger partial charge on any atom is 0.0645 e. The average molecular weight is 356 g/mol. The third kappa shape index (κ3) is 3.28. The molecule has 1 fully saturated rings. The van der Waals surface area contributed by atoms with Crippen molar-refractivity contribution in [1.29, 1.82) is 0 Å². The normalized spacial score (nSPS) is 16.1. The zero-order valence-corrected chi connectivity index (χ0v) is 15.4. The molecule has 0 unspecified atom stereocenters. The van der Waals surface area contributed by atoms with Crippen LogP contribution in [0.2, 0.25) is 0 Å². The second kappa shape index (κ2) is 7.05. The van der Waals surface area contributed by atoms with E-state index in [2.05, 4.69) is 69.7 Å². The van der Waals surface area contributed by atoms with Gasteiger partial charge in [-0.2, -0.15) is 5.10 Å². The number of aromatic amines is 1. The Hall–Kier alpha value is -2.85. The Labute approximate surface area is 159 Å². The van der Waals surface area contributed by atoms with E-state index in [0.717, 1.165) is 25.3 Å². The van der Waals surface area contributed by atoms with Crippen LogP contribution in [-0.2, 0) is 6.54 Å². The molecule has 0 bridgehead atoms.